The second kappa shape index (κ2) is 4.88. The Hall–Kier alpha value is -2.24. The van der Waals surface area contributed by atoms with Crippen LogP contribution in [0, 0.1) is 15.5 Å². The van der Waals surface area contributed by atoms with Crippen LogP contribution in [0.15, 0.2) is 18.2 Å². The molecular weight excluding hydrogens is 296 g/mol. The quantitative estimate of drug-likeness (QED) is 0.452. The van der Waals surface area contributed by atoms with Crippen molar-refractivity contribution in [2.75, 3.05) is 11.4 Å². The van der Waals surface area contributed by atoms with Crippen molar-refractivity contribution < 1.29 is 14.5 Å². The fourth-order valence-electron chi connectivity index (χ4n) is 4.67. The van der Waals surface area contributed by atoms with E-state index < -0.39 is 10.3 Å². The Balaban J connectivity index is 1.88. The van der Waals surface area contributed by atoms with Gasteiger partial charge in [-0.15, -0.1) is 0 Å². The Kier molecular flexibility index (Phi) is 3.04. The lowest BCUT2D eigenvalue weighted by atomic mass is 9.61. The molecule has 2 heterocycles. The molecule has 0 aromatic heterocycles. The molecule has 2 aliphatic heterocycles. The lowest BCUT2D eigenvalue weighted by Gasteiger charge is -2.48. The van der Waals surface area contributed by atoms with Gasteiger partial charge in [0.05, 0.1) is 4.92 Å². The minimum atomic E-state index is -0.975. The predicted octanol–water partition coefficient (Wildman–Crippen LogP) is 2.43. The third kappa shape index (κ3) is 1.87. The third-order valence-electron chi connectivity index (χ3n) is 5.68. The van der Waals surface area contributed by atoms with E-state index in [1.54, 1.807) is 12.1 Å². The Bertz CT molecular complexity index is 711. The van der Waals surface area contributed by atoms with Crippen molar-refractivity contribution in [3.8, 4) is 0 Å². The van der Waals surface area contributed by atoms with Gasteiger partial charge < -0.3 is 4.90 Å². The van der Waals surface area contributed by atoms with Crippen molar-refractivity contribution >= 4 is 22.9 Å². The third-order valence-corrected chi connectivity index (χ3v) is 5.68. The number of non-ortho nitro benzene ring substituents is 1. The summed E-state index contributed by atoms with van der Waals surface area (Å²) in [7, 11) is 0. The highest BCUT2D eigenvalue weighted by atomic mass is 16.6. The minimum absolute atomic E-state index is 0.0206. The number of hydrogen-bond donors (Lipinski definition) is 0. The lowest BCUT2D eigenvalue weighted by Crippen LogP contribution is -2.59. The first-order chi connectivity index (χ1) is 11.0. The fraction of sp³-hybridized carbons (Fsp3) is 0.529. The Morgan fingerprint density at radius 1 is 1.17 bits per heavy atom. The number of anilines is 1. The molecule has 2 fully saturated rings. The van der Waals surface area contributed by atoms with Crippen molar-refractivity contribution in [3.63, 3.8) is 0 Å². The van der Waals surface area contributed by atoms with Gasteiger partial charge in [-0.3, -0.25) is 19.7 Å². The molecule has 0 bridgehead atoms. The fourth-order valence-corrected chi connectivity index (χ4v) is 4.67. The highest BCUT2D eigenvalue weighted by Gasteiger charge is 2.58. The van der Waals surface area contributed by atoms with E-state index in [0.717, 1.165) is 30.6 Å². The van der Waals surface area contributed by atoms with Crippen molar-refractivity contribution in [3.05, 3.63) is 33.9 Å². The van der Waals surface area contributed by atoms with E-state index in [0.29, 0.717) is 25.7 Å². The molecule has 1 aromatic rings. The summed E-state index contributed by atoms with van der Waals surface area (Å²) in [5, 5.41) is 11.1. The number of benzene rings is 1. The molecule has 1 aromatic carbocycles. The minimum Gasteiger partial charge on any atom is -0.367 e. The smallest absolute Gasteiger partial charge is 0.269 e. The van der Waals surface area contributed by atoms with Crippen LogP contribution in [0.5, 0.6) is 0 Å². The summed E-state index contributed by atoms with van der Waals surface area (Å²) >= 11 is 0. The number of hydrogen-bond acceptors (Lipinski definition) is 5. The molecule has 4 rings (SSSR count). The van der Waals surface area contributed by atoms with Gasteiger partial charge in [-0.05, 0) is 37.3 Å². The number of nitrogens with zero attached hydrogens (tertiary/aromatic N) is 2. The highest BCUT2D eigenvalue weighted by molar-refractivity contribution is 6.11. The second-order valence-electron chi connectivity index (χ2n) is 6.77. The number of nitro benzene ring substituents is 1. The Morgan fingerprint density at radius 3 is 2.61 bits per heavy atom. The molecule has 6 nitrogen and oxygen atoms in total. The number of ketones is 2. The van der Waals surface area contributed by atoms with Crippen molar-refractivity contribution in [2.24, 2.45) is 5.41 Å². The SMILES string of the molecule is O=C1CCCC(=O)C12Cc1cc([N+](=O)[O-])ccc1N1CCC[C@@H]12. The average molecular weight is 314 g/mol. The molecule has 1 aliphatic carbocycles. The summed E-state index contributed by atoms with van der Waals surface area (Å²) in [6.45, 7) is 0.803. The van der Waals surface area contributed by atoms with Crippen LogP contribution in [0.25, 0.3) is 0 Å². The normalized spacial score (nSPS) is 25.4. The van der Waals surface area contributed by atoms with E-state index in [4.69, 9.17) is 0 Å². The molecule has 120 valence electrons. The summed E-state index contributed by atoms with van der Waals surface area (Å²) in [6, 6.07) is 4.75. The van der Waals surface area contributed by atoms with E-state index in [1.165, 1.54) is 6.07 Å². The van der Waals surface area contributed by atoms with E-state index in [-0.39, 0.29) is 23.3 Å². The molecule has 1 spiro atoms. The Morgan fingerprint density at radius 2 is 1.91 bits per heavy atom. The van der Waals surface area contributed by atoms with Gasteiger partial charge in [-0.1, -0.05) is 0 Å². The summed E-state index contributed by atoms with van der Waals surface area (Å²) in [6.07, 6.45) is 3.63. The van der Waals surface area contributed by atoms with Crippen LogP contribution in [0.2, 0.25) is 0 Å². The van der Waals surface area contributed by atoms with Crippen LogP contribution in [0.1, 0.15) is 37.7 Å². The van der Waals surface area contributed by atoms with Gasteiger partial charge in [0.15, 0.2) is 0 Å². The van der Waals surface area contributed by atoms with Crippen LogP contribution < -0.4 is 4.90 Å². The Labute approximate surface area is 133 Å². The van der Waals surface area contributed by atoms with Crippen LogP contribution in [0.4, 0.5) is 11.4 Å². The molecule has 23 heavy (non-hydrogen) atoms. The predicted molar refractivity (Wildman–Crippen MR) is 83.5 cm³/mol. The molecule has 1 atom stereocenters. The lowest BCUT2D eigenvalue weighted by molar-refractivity contribution is -0.384. The highest BCUT2D eigenvalue weighted by Crippen LogP contribution is 2.50. The molecule has 1 saturated carbocycles. The van der Waals surface area contributed by atoms with Crippen LogP contribution >= 0.6 is 0 Å². The van der Waals surface area contributed by atoms with E-state index in [2.05, 4.69) is 4.90 Å². The molecule has 0 unspecified atom stereocenters. The number of rotatable bonds is 1. The molecule has 0 amide bonds. The van der Waals surface area contributed by atoms with Gasteiger partial charge >= 0.3 is 0 Å². The van der Waals surface area contributed by atoms with Crippen LogP contribution in [-0.2, 0) is 16.0 Å². The maximum absolute atomic E-state index is 12.8. The van der Waals surface area contributed by atoms with Gasteiger partial charge in [0.2, 0.25) is 0 Å². The van der Waals surface area contributed by atoms with Gasteiger partial charge in [-0.2, -0.15) is 0 Å². The van der Waals surface area contributed by atoms with Crippen molar-refractivity contribution in [1.82, 2.24) is 0 Å². The molecule has 3 aliphatic rings. The van der Waals surface area contributed by atoms with Crippen LogP contribution in [0.3, 0.4) is 0 Å². The van der Waals surface area contributed by atoms with E-state index in [9.17, 15) is 19.7 Å². The molecule has 0 radical (unpaired) electrons. The first kappa shape index (κ1) is 14.4. The van der Waals surface area contributed by atoms with E-state index in [1.807, 2.05) is 0 Å². The monoisotopic (exact) mass is 314 g/mol. The van der Waals surface area contributed by atoms with Gasteiger partial charge in [-0.25, -0.2) is 0 Å². The van der Waals surface area contributed by atoms with E-state index >= 15 is 0 Å². The van der Waals surface area contributed by atoms with Gasteiger partial charge in [0.25, 0.3) is 5.69 Å². The van der Waals surface area contributed by atoms with Gasteiger partial charge in [0, 0.05) is 43.2 Å². The average Bonchev–Trinajstić information content (AvgIpc) is 3.02. The summed E-state index contributed by atoms with van der Waals surface area (Å²) < 4.78 is 0. The molecule has 6 heteroatoms. The largest absolute Gasteiger partial charge is 0.367 e. The van der Waals surface area contributed by atoms with Gasteiger partial charge in [0.1, 0.15) is 17.0 Å². The summed E-state index contributed by atoms with van der Waals surface area (Å²) in [5.74, 6) is 0.0608. The van der Waals surface area contributed by atoms with Crippen molar-refractivity contribution in [1.29, 1.82) is 0 Å². The molecule has 0 N–H and O–H groups in total. The standard InChI is InChI=1S/C17H18N2O4/c20-15-4-1-5-16(21)17(15)10-11-9-12(19(22)23)6-7-13(11)18-8-2-3-14(17)18/h6-7,9,14H,1-5,8,10H2/t14-/m1/s1. The number of nitro groups is 1. The number of carbonyl (C=O) groups is 2. The number of Topliss-reactive ketones (excluding diaryl/α,β-unsaturated/α-hetero) is 2. The van der Waals surface area contributed by atoms with Crippen LogP contribution in [-0.4, -0.2) is 29.1 Å². The second-order valence-corrected chi connectivity index (χ2v) is 6.77. The topological polar surface area (TPSA) is 80.5 Å². The number of fused-ring (bicyclic) bond motifs is 4. The first-order valence-corrected chi connectivity index (χ1v) is 8.14. The first-order valence-electron chi connectivity index (χ1n) is 8.14. The maximum Gasteiger partial charge on any atom is 0.269 e. The summed E-state index contributed by atoms with van der Waals surface area (Å²) in [4.78, 5) is 38.3. The zero-order chi connectivity index (χ0) is 16.2. The number of carbonyl (C=O) groups excluding carboxylic acids is 2. The zero-order valence-corrected chi connectivity index (χ0v) is 12.8. The molecule has 1 saturated heterocycles. The maximum atomic E-state index is 12.8. The van der Waals surface area contributed by atoms with Crippen molar-refractivity contribution in [2.45, 2.75) is 44.6 Å². The summed E-state index contributed by atoms with van der Waals surface area (Å²) in [5.41, 5.74) is 0.764. The molecular formula is C17H18N2O4. The zero-order valence-electron chi connectivity index (χ0n) is 12.8.